The molecule has 8 N–H and O–H groups in total. The van der Waals surface area contributed by atoms with Crippen LogP contribution < -0.4 is 97.7 Å². The molecule has 0 aromatic heterocycles. The number of alkyl halides is 3. The SMILES string of the molecule is Cc1ccccc1S(=O)(=O)NC(=O)N[C@@H](Cc1ccc(C(F)(F)F)cc1)C(=O)N(C)c1ccc2c(c1)OCO2.Cc1ccccc1S(=O)(=O)NC(=O)N[C@@H](Cc1ccc(Cl)c(Cl)c1)C(=O)N(C)c1ccc2c(c1)OCO2.Cc1ccccc1S(=O)(=O)NC(=O)N[C@@H](Cc1ccc(F)c(F)c1)C(=O)N(C)c1ccc2c(c1)OCO2.Cc1ccccc1S(=O)(=O)NC(=O)N[C@@H](Cc1cccc(C#N)c1)C(=O)N(C)c1ccc2c(c1)OCO2. The van der Waals surface area contributed by atoms with E-state index in [0.29, 0.717) is 118 Å². The largest absolute Gasteiger partial charge is 0.454 e. The van der Waals surface area contributed by atoms with E-state index in [-0.39, 0.29) is 83.0 Å². The number of halogens is 7. The van der Waals surface area contributed by atoms with Crippen LogP contribution in [0.25, 0.3) is 0 Å². The third-order valence-electron chi connectivity index (χ3n) is 23.2. The number of nitriles is 1. The Morgan fingerprint density at radius 3 is 0.887 bits per heavy atom. The van der Waals surface area contributed by atoms with Gasteiger partial charge in [-0.2, -0.15) is 18.4 Å². The maximum Gasteiger partial charge on any atom is 0.416 e. The van der Waals surface area contributed by atoms with Gasteiger partial charge in [0.2, 0.25) is 50.8 Å². The summed E-state index contributed by atoms with van der Waals surface area (Å²) in [5, 5.41) is 19.5. The molecule has 0 saturated carbocycles. The molecule has 0 bridgehead atoms. The molecule has 0 aliphatic carbocycles. The molecule has 4 atom stereocenters. The van der Waals surface area contributed by atoms with Gasteiger partial charge in [0.15, 0.2) is 57.6 Å². The zero-order valence-electron chi connectivity index (χ0n) is 80.5. The minimum atomic E-state index is -4.55. The molecule has 0 radical (unpaired) electrons. The predicted molar refractivity (Wildman–Crippen MR) is 539 cm³/mol. The molecule has 150 heavy (non-hydrogen) atoms. The zero-order chi connectivity index (χ0) is 108. The Labute approximate surface area is 868 Å². The van der Waals surface area contributed by atoms with Crippen molar-refractivity contribution in [2.24, 2.45) is 0 Å². The number of ether oxygens (including phenoxy) is 8. The summed E-state index contributed by atoms with van der Waals surface area (Å²) < 4.78 is 219. The average Bonchev–Trinajstić information content (AvgIpc) is 1.49. The monoisotopic (exact) mass is 2180 g/mol. The van der Waals surface area contributed by atoms with Gasteiger partial charge in [-0.25, -0.2) is 80.5 Å². The van der Waals surface area contributed by atoms with Crippen LogP contribution in [-0.4, -0.2) is 161 Å². The van der Waals surface area contributed by atoms with Crippen LogP contribution in [0.15, 0.2) is 274 Å². The van der Waals surface area contributed by atoms with Crippen LogP contribution in [-0.2, 0) is 91.1 Å². The number of urea groups is 4. The van der Waals surface area contributed by atoms with Crippen LogP contribution >= 0.6 is 23.2 Å². The van der Waals surface area contributed by atoms with Crippen molar-refractivity contribution in [1.29, 1.82) is 5.26 Å². The van der Waals surface area contributed by atoms with Crippen molar-refractivity contribution in [3.63, 3.8) is 0 Å². The van der Waals surface area contributed by atoms with E-state index in [1.807, 2.05) is 25.0 Å². The molecule has 0 saturated heterocycles. The summed E-state index contributed by atoms with van der Waals surface area (Å²) in [4.78, 5) is 110. The maximum atomic E-state index is 13.8. The predicted octanol–water partition coefficient (Wildman–Crippen LogP) is 14.4. The Hall–Kier alpha value is -16.5. The molecule has 12 aromatic carbocycles. The van der Waals surface area contributed by atoms with E-state index in [0.717, 1.165) is 24.3 Å². The number of amides is 12. The normalized spacial score (nSPS) is 13.1. The number of aryl methyl sites for hydroxylation is 4. The summed E-state index contributed by atoms with van der Waals surface area (Å²) in [7, 11) is -11.0. The Morgan fingerprint density at radius 2 is 0.600 bits per heavy atom. The molecule has 12 aromatic rings. The number of benzene rings is 12. The molecule has 0 spiro atoms. The number of anilines is 4. The number of sulfonamides is 4. The summed E-state index contributed by atoms with van der Waals surface area (Å²) in [5.74, 6) is -0.642. The highest BCUT2D eigenvalue weighted by Gasteiger charge is 2.37. The minimum Gasteiger partial charge on any atom is -0.454 e. The number of fused-ring (bicyclic) bond motifs is 4. The van der Waals surface area contributed by atoms with Crippen molar-refractivity contribution in [2.75, 3.05) is 75.0 Å². The standard InChI is InChI=1S/C26H24F3N3O6S.C26H24N4O6S.C25H23Cl2N3O6S.C25H23F2N3O6S/c1-16-5-3-4-6-23(16)39(35,36)31-25(34)30-20(13-17-7-9-18(10-8-17)26(27,28)29)24(33)32(2)19-11-12-21-22(14-19)38-15-37-21;1-17-6-3-4-9-24(17)37(33,34)29-26(32)28-21(13-18-7-5-8-19(12-18)15-27)25(31)30(2)20-10-11-22-23(14-20)36-16-35-22;2*1-15-5-3-4-6-23(15)37(33,34)29-25(32)28-20(12-16-7-9-18(26)19(27)11-16)24(31)30(2)17-8-10-21-22(13-17)36-14-35-21/h3-12,14,20H,13,15H2,1-2H3,(H2,30,31,34);3-12,14,21H,13,16H2,1-2H3,(H2,28,29,32);2*3-11,13,20H,12,14H2,1-2H3,(H2,28,29,32)/t20-;21-;2*20-/m0000/s1. The second-order valence-electron chi connectivity index (χ2n) is 33.6. The first-order chi connectivity index (χ1) is 71.1. The molecule has 0 fully saturated rings. The van der Waals surface area contributed by atoms with Crippen molar-refractivity contribution >= 4 is 134 Å². The molecule has 37 nitrogen and oxygen atoms in total. The van der Waals surface area contributed by atoms with Gasteiger partial charge in [-0.05, 0) is 194 Å². The highest BCUT2D eigenvalue weighted by atomic mass is 35.5. The highest BCUT2D eigenvalue weighted by molar-refractivity contribution is 7.91. The van der Waals surface area contributed by atoms with Crippen LogP contribution in [0, 0.1) is 50.7 Å². The summed E-state index contributed by atoms with van der Waals surface area (Å²) in [5.41, 5.74) is 4.76. The number of carbonyl (C=O) groups excluding carboxylic acids is 8. The second kappa shape index (κ2) is 48.0. The average molecular weight is 2180 g/mol. The summed E-state index contributed by atoms with van der Waals surface area (Å²) in [6.07, 6.45) is -4.98. The minimum absolute atomic E-state index is 0.0150. The smallest absolute Gasteiger partial charge is 0.416 e. The fourth-order valence-electron chi connectivity index (χ4n) is 15.4. The highest BCUT2D eigenvalue weighted by Crippen LogP contribution is 2.41. The van der Waals surface area contributed by atoms with Crippen LogP contribution in [0.3, 0.4) is 0 Å². The fraction of sp³-hybridized carbons (Fsp3) is 0.206. The van der Waals surface area contributed by atoms with Gasteiger partial charge in [0.05, 0.1) is 46.8 Å². The number of hydrogen-bond acceptors (Lipinski definition) is 25. The van der Waals surface area contributed by atoms with Gasteiger partial charge in [-0.15, -0.1) is 0 Å². The Kier molecular flexibility index (Phi) is 35.4. The van der Waals surface area contributed by atoms with E-state index < -0.39 is 135 Å². The number of rotatable bonds is 28. The number of likely N-dealkylation sites (N-methyl/N-ethyl adjacent to an activating group) is 4. The van der Waals surface area contributed by atoms with Crippen LogP contribution in [0.1, 0.15) is 55.6 Å². The molecule has 4 aliphatic rings. The number of nitrogens with one attached hydrogen (secondary N) is 8. The molecule has 16 rings (SSSR count). The topological polar surface area (TPSA) is 480 Å². The molecular formula is C102H94Cl2F5N13O24S4. The molecule has 4 aliphatic heterocycles. The molecule has 48 heteroatoms. The number of hydrogen-bond donors (Lipinski definition) is 8. The van der Waals surface area contributed by atoms with E-state index in [2.05, 4.69) is 21.3 Å². The summed E-state index contributed by atoms with van der Waals surface area (Å²) in [6, 6.07) is 55.2. The van der Waals surface area contributed by atoms with Crippen molar-refractivity contribution in [3.05, 3.63) is 332 Å². The lowest BCUT2D eigenvalue weighted by molar-refractivity contribution is -0.137. The first-order valence-corrected chi connectivity index (χ1v) is 51.6. The van der Waals surface area contributed by atoms with Gasteiger partial charge >= 0.3 is 30.3 Å². The van der Waals surface area contributed by atoms with Crippen molar-refractivity contribution in [1.82, 2.24) is 40.2 Å². The van der Waals surface area contributed by atoms with Crippen molar-refractivity contribution in [2.45, 2.75) is 103 Å². The molecule has 4 heterocycles. The Balaban J connectivity index is 0.000000167. The third-order valence-corrected chi connectivity index (χ3v) is 29.9. The first kappa shape index (κ1) is 111. The summed E-state index contributed by atoms with van der Waals surface area (Å²) in [6.45, 7) is 6.56. The lowest BCUT2D eigenvalue weighted by Gasteiger charge is -2.25. The van der Waals surface area contributed by atoms with Gasteiger partial charge in [0.25, 0.3) is 40.1 Å². The lowest BCUT2D eigenvalue weighted by Crippen LogP contribution is -2.52. The number of nitrogens with zero attached hydrogens (tertiary/aromatic N) is 5. The van der Waals surface area contributed by atoms with Gasteiger partial charge in [-0.1, -0.05) is 132 Å². The van der Waals surface area contributed by atoms with E-state index in [4.69, 9.17) is 61.1 Å². The third kappa shape index (κ3) is 28.3. The lowest BCUT2D eigenvalue weighted by atomic mass is 10.0. The first-order valence-electron chi connectivity index (χ1n) is 44.9. The van der Waals surface area contributed by atoms with E-state index in [1.165, 1.54) is 102 Å². The van der Waals surface area contributed by atoms with E-state index in [9.17, 15) is 99.2 Å². The van der Waals surface area contributed by atoms with Gasteiger partial charge in [0.1, 0.15) is 24.2 Å². The molecule has 784 valence electrons. The quantitative estimate of drug-likeness (QED) is 0.0211. The Bertz CT molecular complexity index is 7500. The van der Waals surface area contributed by atoms with Gasteiger partial charge < -0.3 is 78.8 Å². The molecule has 12 amide bonds. The molecular weight excluding hydrogens is 2090 g/mol. The van der Waals surface area contributed by atoms with E-state index in [1.54, 1.807) is 204 Å². The van der Waals surface area contributed by atoms with Crippen LogP contribution in [0.5, 0.6) is 46.0 Å². The summed E-state index contributed by atoms with van der Waals surface area (Å²) >= 11 is 12.1. The van der Waals surface area contributed by atoms with Crippen LogP contribution in [0.2, 0.25) is 10.0 Å². The molecule has 0 unspecified atom stereocenters. The maximum absolute atomic E-state index is 13.8. The fourth-order valence-corrected chi connectivity index (χ4v) is 20.4. The van der Waals surface area contributed by atoms with Crippen LogP contribution in [0.4, 0.5) is 63.9 Å². The van der Waals surface area contributed by atoms with Crippen molar-refractivity contribution in [3.8, 4) is 52.1 Å². The van der Waals surface area contributed by atoms with E-state index >= 15 is 0 Å². The zero-order valence-corrected chi connectivity index (χ0v) is 85.3. The second-order valence-corrected chi connectivity index (χ2v) is 41.1. The van der Waals surface area contributed by atoms with Gasteiger partial charge in [0, 0.05) is 101 Å². The Morgan fingerprint density at radius 1 is 0.327 bits per heavy atom. The van der Waals surface area contributed by atoms with Crippen molar-refractivity contribution < 1.29 is 132 Å². The number of carbonyl (C=O) groups is 8. The van der Waals surface area contributed by atoms with Gasteiger partial charge in [-0.3, -0.25) is 19.2 Å².